The number of likely N-dealkylation sites (N-methyl/N-ethyl adjacent to an activating group) is 1. The van der Waals surface area contributed by atoms with Crippen LogP contribution >= 0.6 is 0 Å². The fraction of sp³-hybridized carbons (Fsp3) is 0.412. The summed E-state index contributed by atoms with van der Waals surface area (Å²) in [5.74, 6) is -0.309. The maximum absolute atomic E-state index is 12.1. The van der Waals surface area contributed by atoms with Crippen molar-refractivity contribution in [1.82, 2.24) is 5.32 Å². The fourth-order valence-corrected chi connectivity index (χ4v) is 2.06. The summed E-state index contributed by atoms with van der Waals surface area (Å²) in [5.41, 5.74) is -0.137. The predicted molar refractivity (Wildman–Crippen MR) is 87.6 cm³/mol. The molecule has 2 N–H and O–H groups in total. The first-order chi connectivity index (χ1) is 10.00. The molecule has 0 unspecified atom stereocenters. The van der Waals surface area contributed by atoms with Crippen LogP contribution in [0.25, 0.3) is 0 Å². The molecule has 0 radical (unpaired) electrons. The van der Waals surface area contributed by atoms with Gasteiger partial charge in [0.1, 0.15) is 16.9 Å². The number of aliphatic hydroxyl groups is 1. The summed E-state index contributed by atoms with van der Waals surface area (Å²) in [4.78, 5) is 16.6. The van der Waals surface area contributed by atoms with E-state index in [0.717, 1.165) is 6.42 Å². The first-order valence-electron chi connectivity index (χ1n) is 7.29. The van der Waals surface area contributed by atoms with Gasteiger partial charge in [-0.1, -0.05) is 31.2 Å². The van der Waals surface area contributed by atoms with Gasteiger partial charge in [-0.25, -0.2) is 0 Å². The quantitative estimate of drug-likeness (QED) is 0.737. The Morgan fingerprint density at radius 3 is 2.67 bits per heavy atom. The molecule has 1 rings (SSSR count). The highest BCUT2D eigenvalue weighted by molar-refractivity contribution is 6.27. The Morgan fingerprint density at radius 1 is 1.38 bits per heavy atom. The van der Waals surface area contributed by atoms with Crippen molar-refractivity contribution >= 4 is 11.6 Å². The van der Waals surface area contributed by atoms with Gasteiger partial charge in [-0.15, -0.1) is 0 Å². The molecule has 1 aliphatic rings. The van der Waals surface area contributed by atoms with E-state index in [4.69, 9.17) is 0 Å². The number of rotatable bonds is 6. The first-order valence-corrected chi connectivity index (χ1v) is 7.29. The van der Waals surface area contributed by atoms with Crippen LogP contribution in [-0.2, 0) is 4.79 Å². The molecule has 4 heteroatoms. The van der Waals surface area contributed by atoms with Crippen LogP contribution < -0.4 is 5.32 Å². The van der Waals surface area contributed by atoms with Crippen molar-refractivity contribution in [3.63, 3.8) is 0 Å². The highest BCUT2D eigenvalue weighted by atomic mass is 16.3. The van der Waals surface area contributed by atoms with E-state index in [1.54, 1.807) is 25.2 Å². The van der Waals surface area contributed by atoms with Crippen LogP contribution in [0.15, 0.2) is 52.8 Å². The molecule has 21 heavy (non-hydrogen) atoms. The Bertz CT molecular complexity index is 539. The lowest BCUT2D eigenvalue weighted by atomic mass is 9.98. The Labute approximate surface area is 126 Å². The fourth-order valence-electron chi connectivity index (χ4n) is 2.06. The van der Waals surface area contributed by atoms with Crippen LogP contribution in [0.3, 0.4) is 0 Å². The van der Waals surface area contributed by atoms with Crippen molar-refractivity contribution in [1.29, 1.82) is 0 Å². The summed E-state index contributed by atoms with van der Waals surface area (Å²) in [6.45, 7) is 8.03. The van der Waals surface area contributed by atoms with Crippen molar-refractivity contribution in [3.8, 4) is 0 Å². The molecular formula is C17H24N2O2. The minimum absolute atomic E-state index is 0.0114. The lowest BCUT2D eigenvalue weighted by Crippen LogP contribution is -2.28. The summed E-state index contributed by atoms with van der Waals surface area (Å²) in [6, 6.07) is 0. The van der Waals surface area contributed by atoms with E-state index < -0.39 is 5.54 Å². The molecule has 0 spiro atoms. The van der Waals surface area contributed by atoms with Crippen LogP contribution in [0, 0.1) is 0 Å². The maximum atomic E-state index is 12.1. The number of aliphatic imine (C=N–C) groups is 1. The van der Waals surface area contributed by atoms with Gasteiger partial charge in [0.25, 0.3) is 5.91 Å². The highest BCUT2D eigenvalue weighted by Crippen LogP contribution is 2.32. The number of amides is 1. The summed E-state index contributed by atoms with van der Waals surface area (Å²) >= 11 is 0. The lowest BCUT2D eigenvalue weighted by molar-refractivity contribution is -0.117. The van der Waals surface area contributed by atoms with E-state index in [1.807, 2.05) is 32.1 Å². The first kappa shape index (κ1) is 17.0. The number of aliphatic hydroxyl groups excluding tert-OH is 1. The molecule has 1 amide bonds. The van der Waals surface area contributed by atoms with E-state index in [-0.39, 0.29) is 17.2 Å². The van der Waals surface area contributed by atoms with E-state index in [1.165, 1.54) is 0 Å². The SMILES string of the molecule is C/C=C/C1=N[C@@](C)(/C=C/C=C/CC)C(O)=C1C(=O)NCC. The van der Waals surface area contributed by atoms with Gasteiger partial charge in [0.2, 0.25) is 0 Å². The van der Waals surface area contributed by atoms with Gasteiger partial charge in [-0.05, 0) is 39.3 Å². The number of allylic oxidation sites excluding steroid dienone is 5. The normalized spacial score (nSPS) is 22.8. The zero-order valence-electron chi connectivity index (χ0n) is 13.2. The van der Waals surface area contributed by atoms with Gasteiger partial charge in [-0.2, -0.15) is 0 Å². The number of hydrogen-bond donors (Lipinski definition) is 2. The number of hydrogen-bond acceptors (Lipinski definition) is 3. The molecule has 0 fully saturated rings. The van der Waals surface area contributed by atoms with Gasteiger partial charge in [0.05, 0.1) is 5.71 Å². The van der Waals surface area contributed by atoms with Crippen LogP contribution in [0.4, 0.5) is 0 Å². The molecule has 0 saturated carbocycles. The smallest absolute Gasteiger partial charge is 0.256 e. The Hall–Kier alpha value is -2.10. The topological polar surface area (TPSA) is 61.7 Å². The predicted octanol–water partition coefficient (Wildman–Crippen LogP) is 3.25. The van der Waals surface area contributed by atoms with Gasteiger partial charge >= 0.3 is 0 Å². The van der Waals surface area contributed by atoms with Gasteiger partial charge in [-0.3, -0.25) is 9.79 Å². The molecule has 0 bridgehead atoms. The lowest BCUT2D eigenvalue weighted by Gasteiger charge is -2.16. The third-order valence-corrected chi connectivity index (χ3v) is 3.12. The van der Waals surface area contributed by atoms with Crippen LogP contribution in [0.1, 0.15) is 34.1 Å². The number of nitrogens with one attached hydrogen (secondary N) is 1. The van der Waals surface area contributed by atoms with Gasteiger partial charge in [0.15, 0.2) is 0 Å². The molecule has 114 valence electrons. The molecule has 0 saturated heterocycles. The minimum atomic E-state index is -0.895. The van der Waals surface area contributed by atoms with Gasteiger partial charge < -0.3 is 10.4 Å². The molecule has 4 nitrogen and oxygen atoms in total. The number of carbonyl (C=O) groups is 1. The zero-order valence-corrected chi connectivity index (χ0v) is 13.2. The van der Waals surface area contributed by atoms with E-state index in [0.29, 0.717) is 12.3 Å². The molecule has 0 aromatic rings. The van der Waals surface area contributed by atoms with Crippen molar-refractivity contribution < 1.29 is 9.90 Å². The minimum Gasteiger partial charge on any atom is -0.508 e. The van der Waals surface area contributed by atoms with E-state index in [9.17, 15) is 9.90 Å². The molecule has 0 aromatic heterocycles. The monoisotopic (exact) mass is 288 g/mol. The second-order valence-corrected chi connectivity index (χ2v) is 4.92. The largest absolute Gasteiger partial charge is 0.508 e. The number of nitrogens with zero attached hydrogens (tertiary/aromatic N) is 1. The Balaban J connectivity index is 3.20. The maximum Gasteiger partial charge on any atom is 0.256 e. The van der Waals surface area contributed by atoms with Crippen molar-refractivity contribution in [3.05, 3.63) is 47.8 Å². The van der Waals surface area contributed by atoms with Crippen molar-refractivity contribution in [2.24, 2.45) is 4.99 Å². The molecule has 1 heterocycles. The molecular weight excluding hydrogens is 264 g/mol. The average molecular weight is 288 g/mol. The summed E-state index contributed by atoms with van der Waals surface area (Å²) in [7, 11) is 0. The van der Waals surface area contributed by atoms with Crippen molar-refractivity contribution in [2.75, 3.05) is 6.54 Å². The second-order valence-electron chi connectivity index (χ2n) is 4.92. The highest BCUT2D eigenvalue weighted by Gasteiger charge is 2.38. The van der Waals surface area contributed by atoms with Crippen LogP contribution in [-0.4, -0.2) is 28.8 Å². The van der Waals surface area contributed by atoms with Crippen molar-refractivity contribution in [2.45, 2.75) is 39.7 Å². The second kappa shape index (κ2) is 7.62. The third-order valence-electron chi connectivity index (χ3n) is 3.12. The van der Waals surface area contributed by atoms with E-state index in [2.05, 4.69) is 17.2 Å². The average Bonchev–Trinajstić information content (AvgIpc) is 2.68. The molecule has 1 aliphatic heterocycles. The molecule has 0 aromatic carbocycles. The third kappa shape index (κ3) is 3.94. The van der Waals surface area contributed by atoms with E-state index >= 15 is 0 Å². The standard InChI is InChI=1S/C17H24N2O2/c1-5-8-9-10-12-17(4)15(20)14(16(21)18-7-3)13(19-17)11-6-2/h6,8-12,20H,5,7H2,1-4H3,(H,18,21)/b9-8+,11-6+,12-10+/t17-/m0/s1. The zero-order chi connectivity index (χ0) is 15.9. The van der Waals surface area contributed by atoms with Crippen LogP contribution in [0.2, 0.25) is 0 Å². The summed E-state index contributed by atoms with van der Waals surface area (Å²) in [6.07, 6.45) is 12.0. The molecule has 1 atom stereocenters. The Morgan fingerprint density at radius 2 is 2.10 bits per heavy atom. The molecule has 0 aliphatic carbocycles. The summed E-state index contributed by atoms with van der Waals surface area (Å²) in [5, 5.41) is 13.2. The summed E-state index contributed by atoms with van der Waals surface area (Å²) < 4.78 is 0. The number of carbonyl (C=O) groups excluding carboxylic acids is 1. The van der Waals surface area contributed by atoms with Crippen LogP contribution in [0.5, 0.6) is 0 Å². The van der Waals surface area contributed by atoms with Gasteiger partial charge in [0, 0.05) is 6.54 Å². The Kier molecular flexibility index (Phi) is 6.15.